The van der Waals surface area contributed by atoms with Gasteiger partial charge in [-0.25, -0.2) is 4.79 Å². The van der Waals surface area contributed by atoms with Crippen molar-refractivity contribution in [3.63, 3.8) is 0 Å². The Morgan fingerprint density at radius 2 is 1.97 bits per heavy atom. The van der Waals surface area contributed by atoms with Crippen molar-refractivity contribution < 1.29 is 9.59 Å². The third kappa shape index (κ3) is 4.52. The standard InChI is InChI=1S/C21H30N6O2/c1-4-21(2)18(28)27(20(29)26-21)13-7-11-23-19(22-3)24-12-10-15-14-25-17-9-6-5-8-16(15)17/h5-6,8-9,14,25H,4,7,10-13H2,1-3H3,(H,26,29)(H2,22,23,24). The zero-order valence-corrected chi connectivity index (χ0v) is 17.3. The molecule has 1 atom stereocenters. The van der Waals surface area contributed by atoms with Crippen molar-refractivity contribution in [2.45, 2.75) is 38.6 Å². The molecule has 1 saturated heterocycles. The number of nitrogens with zero attached hydrogens (tertiary/aromatic N) is 2. The average molecular weight is 399 g/mol. The summed E-state index contributed by atoms with van der Waals surface area (Å²) < 4.78 is 0. The molecule has 4 N–H and O–H groups in total. The largest absolute Gasteiger partial charge is 0.361 e. The first-order chi connectivity index (χ1) is 14.0. The SMILES string of the molecule is CCC1(C)NC(=O)N(CCCNC(=NC)NCCc2c[nH]c3ccccc23)C1=O. The Hall–Kier alpha value is -3.03. The van der Waals surface area contributed by atoms with Crippen molar-refractivity contribution in [3.05, 3.63) is 36.0 Å². The normalized spacial score (nSPS) is 19.7. The lowest BCUT2D eigenvalue weighted by Crippen LogP contribution is -2.43. The van der Waals surface area contributed by atoms with Gasteiger partial charge in [-0.15, -0.1) is 0 Å². The molecule has 29 heavy (non-hydrogen) atoms. The van der Waals surface area contributed by atoms with Crippen LogP contribution in [0.25, 0.3) is 10.9 Å². The van der Waals surface area contributed by atoms with Crippen LogP contribution >= 0.6 is 0 Å². The number of aromatic nitrogens is 1. The third-order valence-corrected chi connectivity index (χ3v) is 5.49. The fraction of sp³-hybridized carbons (Fsp3) is 0.476. The van der Waals surface area contributed by atoms with Crippen LogP contribution in [0.5, 0.6) is 0 Å². The Kier molecular flexibility index (Phi) is 6.41. The molecule has 0 saturated carbocycles. The van der Waals surface area contributed by atoms with Gasteiger partial charge in [-0.3, -0.25) is 14.7 Å². The van der Waals surface area contributed by atoms with Crippen LogP contribution in [-0.4, -0.2) is 60.0 Å². The summed E-state index contributed by atoms with van der Waals surface area (Å²) in [6, 6.07) is 7.95. The molecule has 1 aromatic heterocycles. The first-order valence-electron chi connectivity index (χ1n) is 10.1. The maximum atomic E-state index is 12.4. The highest BCUT2D eigenvalue weighted by Crippen LogP contribution is 2.20. The number of amides is 3. The Labute approximate surface area is 171 Å². The van der Waals surface area contributed by atoms with Crippen LogP contribution in [0.4, 0.5) is 4.79 Å². The van der Waals surface area contributed by atoms with E-state index in [0.717, 1.165) is 18.5 Å². The van der Waals surface area contributed by atoms with Crippen molar-refractivity contribution in [2.24, 2.45) is 4.99 Å². The van der Waals surface area contributed by atoms with E-state index < -0.39 is 5.54 Å². The molecule has 0 aliphatic carbocycles. The molecular formula is C21H30N6O2. The Morgan fingerprint density at radius 1 is 1.21 bits per heavy atom. The molecule has 8 heteroatoms. The molecule has 0 radical (unpaired) electrons. The zero-order valence-electron chi connectivity index (χ0n) is 17.3. The van der Waals surface area contributed by atoms with Gasteiger partial charge in [-0.2, -0.15) is 0 Å². The summed E-state index contributed by atoms with van der Waals surface area (Å²) in [5.74, 6) is 0.562. The third-order valence-electron chi connectivity index (χ3n) is 5.49. The molecule has 0 spiro atoms. The molecule has 156 valence electrons. The number of guanidine groups is 1. The van der Waals surface area contributed by atoms with Gasteiger partial charge in [0.1, 0.15) is 5.54 Å². The fourth-order valence-electron chi connectivity index (χ4n) is 3.51. The predicted molar refractivity (Wildman–Crippen MR) is 115 cm³/mol. The summed E-state index contributed by atoms with van der Waals surface area (Å²) in [5, 5.41) is 10.6. The molecule has 1 fully saturated rings. The number of nitrogens with one attached hydrogen (secondary N) is 4. The Balaban J connectivity index is 1.40. The van der Waals surface area contributed by atoms with E-state index in [1.807, 2.05) is 25.3 Å². The minimum Gasteiger partial charge on any atom is -0.361 e. The van der Waals surface area contributed by atoms with E-state index in [2.05, 4.69) is 38.1 Å². The second kappa shape index (κ2) is 8.98. The maximum absolute atomic E-state index is 12.4. The second-order valence-corrected chi connectivity index (χ2v) is 7.46. The van der Waals surface area contributed by atoms with Crippen LogP contribution in [0.3, 0.4) is 0 Å². The Morgan fingerprint density at radius 3 is 2.69 bits per heavy atom. The molecule has 1 aliphatic heterocycles. The van der Waals surface area contributed by atoms with Gasteiger partial charge in [0.25, 0.3) is 5.91 Å². The van der Waals surface area contributed by atoms with E-state index >= 15 is 0 Å². The topological polar surface area (TPSA) is 102 Å². The molecule has 2 aromatic rings. The van der Waals surface area contributed by atoms with Crippen molar-refractivity contribution >= 4 is 28.8 Å². The fourth-order valence-corrected chi connectivity index (χ4v) is 3.51. The number of H-pyrrole nitrogens is 1. The minimum absolute atomic E-state index is 0.147. The number of carbonyl (C=O) groups is 2. The number of para-hydroxylation sites is 1. The van der Waals surface area contributed by atoms with E-state index in [0.29, 0.717) is 31.9 Å². The van der Waals surface area contributed by atoms with Crippen molar-refractivity contribution in [3.8, 4) is 0 Å². The van der Waals surface area contributed by atoms with E-state index in [-0.39, 0.29) is 11.9 Å². The number of imide groups is 1. The summed E-state index contributed by atoms with van der Waals surface area (Å²) in [4.78, 5) is 33.2. The van der Waals surface area contributed by atoms with Crippen LogP contribution < -0.4 is 16.0 Å². The summed E-state index contributed by atoms with van der Waals surface area (Å²) in [5.41, 5.74) is 1.63. The van der Waals surface area contributed by atoms with Crippen LogP contribution in [0.1, 0.15) is 32.3 Å². The van der Waals surface area contributed by atoms with Crippen molar-refractivity contribution in [2.75, 3.05) is 26.7 Å². The van der Waals surface area contributed by atoms with E-state index in [4.69, 9.17) is 0 Å². The highest BCUT2D eigenvalue weighted by molar-refractivity contribution is 6.06. The van der Waals surface area contributed by atoms with Gasteiger partial charge in [-0.05, 0) is 37.8 Å². The van der Waals surface area contributed by atoms with Crippen LogP contribution in [0, 0.1) is 0 Å². The van der Waals surface area contributed by atoms with Gasteiger partial charge < -0.3 is 20.9 Å². The van der Waals surface area contributed by atoms with Gasteiger partial charge in [0.05, 0.1) is 0 Å². The number of hydrogen-bond donors (Lipinski definition) is 4. The quantitative estimate of drug-likeness (QED) is 0.236. The number of carbonyl (C=O) groups excluding carboxylic acids is 2. The number of fused-ring (bicyclic) bond motifs is 1. The first kappa shape index (κ1) is 20.7. The second-order valence-electron chi connectivity index (χ2n) is 7.46. The molecule has 1 aliphatic rings. The number of aromatic amines is 1. The number of benzene rings is 1. The summed E-state index contributed by atoms with van der Waals surface area (Å²) >= 11 is 0. The maximum Gasteiger partial charge on any atom is 0.325 e. The van der Waals surface area contributed by atoms with Gasteiger partial charge in [0, 0.05) is 43.8 Å². The van der Waals surface area contributed by atoms with Crippen LogP contribution in [0.2, 0.25) is 0 Å². The zero-order chi connectivity index (χ0) is 20.9. The summed E-state index contributed by atoms with van der Waals surface area (Å²) in [6.45, 7) is 5.43. The lowest BCUT2D eigenvalue weighted by Gasteiger charge is -2.19. The summed E-state index contributed by atoms with van der Waals surface area (Å²) in [6.07, 6.45) is 4.16. The average Bonchev–Trinajstić information content (AvgIpc) is 3.23. The number of urea groups is 1. The minimum atomic E-state index is -0.773. The Bertz CT molecular complexity index is 905. The molecular weight excluding hydrogens is 368 g/mol. The smallest absolute Gasteiger partial charge is 0.325 e. The summed E-state index contributed by atoms with van der Waals surface area (Å²) in [7, 11) is 1.73. The molecule has 0 bridgehead atoms. The van der Waals surface area contributed by atoms with Gasteiger partial charge in [-0.1, -0.05) is 25.1 Å². The number of hydrogen-bond acceptors (Lipinski definition) is 3. The van der Waals surface area contributed by atoms with Gasteiger partial charge in [0.15, 0.2) is 5.96 Å². The molecule has 1 aromatic carbocycles. The molecule has 2 heterocycles. The molecule has 3 rings (SSSR count). The van der Waals surface area contributed by atoms with Crippen LogP contribution in [0.15, 0.2) is 35.5 Å². The van der Waals surface area contributed by atoms with E-state index in [1.54, 1.807) is 14.0 Å². The molecule has 1 unspecified atom stereocenters. The lowest BCUT2D eigenvalue weighted by molar-refractivity contribution is -0.130. The molecule has 3 amide bonds. The molecule has 8 nitrogen and oxygen atoms in total. The highest BCUT2D eigenvalue weighted by Gasteiger charge is 2.45. The van der Waals surface area contributed by atoms with Crippen molar-refractivity contribution in [1.82, 2.24) is 25.8 Å². The lowest BCUT2D eigenvalue weighted by atomic mass is 9.99. The predicted octanol–water partition coefficient (Wildman–Crippen LogP) is 1.99. The van der Waals surface area contributed by atoms with Crippen molar-refractivity contribution in [1.29, 1.82) is 0 Å². The van der Waals surface area contributed by atoms with E-state index in [9.17, 15) is 9.59 Å². The van der Waals surface area contributed by atoms with Gasteiger partial charge in [0.2, 0.25) is 0 Å². The van der Waals surface area contributed by atoms with Crippen LogP contribution in [-0.2, 0) is 11.2 Å². The highest BCUT2D eigenvalue weighted by atomic mass is 16.2. The van der Waals surface area contributed by atoms with Gasteiger partial charge >= 0.3 is 6.03 Å². The van der Waals surface area contributed by atoms with E-state index in [1.165, 1.54) is 15.8 Å². The first-order valence-corrected chi connectivity index (χ1v) is 10.1. The monoisotopic (exact) mass is 398 g/mol. The number of rotatable bonds is 8. The number of aliphatic imine (C=N–C) groups is 1.